The quantitative estimate of drug-likeness (QED) is 0.403. The molecule has 0 fully saturated rings. The fourth-order valence-corrected chi connectivity index (χ4v) is 1.66. The van der Waals surface area contributed by atoms with Crippen LogP contribution in [0, 0.1) is 11.3 Å². The van der Waals surface area contributed by atoms with Crippen molar-refractivity contribution >= 4 is 17.4 Å². The summed E-state index contributed by atoms with van der Waals surface area (Å²) in [7, 11) is 3.75. The first-order chi connectivity index (χ1) is 11.0. The van der Waals surface area contributed by atoms with Crippen LogP contribution in [0.15, 0.2) is 54.9 Å². The fourth-order valence-electron chi connectivity index (χ4n) is 1.49. The maximum atomic E-state index is 12.1. The standard InChI is InChI=1S/C15H9ClN2O2.C2H7N/c1-10(15(19)12-6-7-18-14(16)8-12)20-13-4-2-11(9-17)3-5-13;1-3-2/h2-8H,1H2;3H,1-2H3. The molecular formula is C17H16ClN3O2. The molecule has 0 saturated carbocycles. The predicted molar refractivity (Wildman–Crippen MR) is 89.5 cm³/mol. The van der Waals surface area contributed by atoms with Crippen molar-refractivity contribution in [3.05, 3.63) is 71.2 Å². The molecule has 23 heavy (non-hydrogen) atoms. The first kappa shape index (κ1) is 18.4. The number of hydrogen-bond donors (Lipinski definition) is 1. The molecular weight excluding hydrogens is 314 g/mol. The lowest BCUT2D eigenvalue weighted by Gasteiger charge is -2.07. The number of pyridine rings is 1. The van der Waals surface area contributed by atoms with Crippen LogP contribution in [0.2, 0.25) is 5.15 Å². The van der Waals surface area contributed by atoms with Crippen LogP contribution in [-0.2, 0) is 0 Å². The maximum absolute atomic E-state index is 12.1. The molecule has 1 aromatic carbocycles. The Kier molecular flexibility index (Phi) is 7.48. The molecule has 0 amide bonds. The Labute approximate surface area is 140 Å². The first-order valence-electron chi connectivity index (χ1n) is 6.63. The maximum Gasteiger partial charge on any atom is 0.227 e. The van der Waals surface area contributed by atoms with Crippen molar-refractivity contribution in [1.82, 2.24) is 10.3 Å². The normalized spacial score (nSPS) is 9.13. The van der Waals surface area contributed by atoms with Crippen LogP contribution >= 0.6 is 11.6 Å². The number of aromatic nitrogens is 1. The summed E-state index contributed by atoms with van der Waals surface area (Å²) in [5.74, 6) is 0.0261. The molecule has 1 heterocycles. The van der Waals surface area contributed by atoms with Crippen molar-refractivity contribution in [2.24, 2.45) is 0 Å². The molecule has 0 atom stereocenters. The summed E-state index contributed by atoms with van der Waals surface area (Å²) in [6, 6.07) is 11.3. The minimum atomic E-state index is -0.376. The number of benzene rings is 1. The summed E-state index contributed by atoms with van der Waals surface area (Å²) in [5.41, 5.74) is 0.860. The van der Waals surface area contributed by atoms with E-state index in [0.29, 0.717) is 16.9 Å². The number of nitriles is 1. The molecule has 0 aliphatic carbocycles. The zero-order valence-corrected chi connectivity index (χ0v) is 13.6. The Balaban J connectivity index is 0.000000816. The van der Waals surface area contributed by atoms with Crippen LogP contribution in [0.5, 0.6) is 5.75 Å². The van der Waals surface area contributed by atoms with E-state index in [4.69, 9.17) is 21.6 Å². The van der Waals surface area contributed by atoms with Crippen LogP contribution in [0.1, 0.15) is 15.9 Å². The average Bonchev–Trinajstić information content (AvgIpc) is 2.55. The lowest BCUT2D eigenvalue weighted by Crippen LogP contribution is -2.08. The van der Waals surface area contributed by atoms with E-state index in [-0.39, 0.29) is 16.7 Å². The molecule has 0 radical (unpaired) electrons. The molecule has 6 heteroatoms. The highest BCUT2D eigenvalue weighted by atomic mass is 35.5. The van der Waals surface area contributed by atoms with E-state index in [0.717, 1.165) is 0 Å². The van der Waals surface area contributed by atoms with Crippen LogP contribution in [0.3, 0.4) is 0 Å². The van der Waals surface area contributed by atoms with Gasteiger partial charge in [-0.2, -0.15) is 5.26 Å². The van der Waals surface area contributed by atoms with Crippen LogP contribution in [0.4, 0.5) is 0 Å². The highest BCUT2D eigenvalue weighted by molar-refractivity contribution is 6.29. The van der Waals surface area contributed by atoms with Gasteiger partial charge < -0.3 is 10.1 Å². The molecule has 0 aliphatic rings. The number of halogens is 1. The average molecular weight is 330 g/mol. The molecule has 0 bridgehead atoms. The summed E-state index contributed by atoms with van der Waals surface area (Å²) in [4.78, 5) is 15.9. The topological polar surface area (TPSA) is 75.0 Å². The molecule has 0 unspecified atom stereocenters. The van der Waals surface area contributed by atoms with Crippen molar-refractivity contribution in [2.45, 2.75) is 0 Å². The SMILES string of the molecule is C=C(Oc1ccc(C#N)cc1)C(=O)c1ccnc(Cl)c1.CNC. The van der Waals surface area contributed by atoms with E-state index >= 15 is 0 Å². The Bertz CT molecular complexity index is 721. The number of hydrogen-bond acceptors (Lipinski definition) is 5. The third-order valence-electron chi connectivity index (χ3n) is 2.47. The lowest BCUT2D eigenvalue weighted by molar-refractivity contribution is 0.0987. The number of carbonyl (C=O) groups is 1. The first-order valence-corrected chi connectivity index (χ1v) is 7.01. The van der Waals surface area contributed by atoms with Crippen molar-refractivity contribution in [1.29, 1.82) is 5.26 Å². The fraction of sp³-hybridized carbons (Fsp3) is 0.118. The van der Waals surface area contributed by atoms with Crippen LogP contribution in [-0.4, -0.2) is 24.9 Å². The molecule has 118 valence electrons. The second kappa shape index (κ2) is 9.36. The minimum Gasteiger partial charge on any atom is -0.454 e. The van der Waals surface area contributed by atoms with Gasteiger partial charge in [0.1, 0.15) is 10.9 Å². The number of ketones is 1. The van der Waals surface area contributed by atoms with E-state index in [1.807, 2.05) is 20.2 Å². The van der Waals surface area contributed by atoms with E-state index in [1.165, 1.54) is 18.3 Å². The number of rotatable bonds is 4. The predicted octanol–water partition coefficient (Wildman–Crippen LogP) is 3.22. The number of ether oxygens (including phenoxy) is 1. The molecule has 2 rings (SSSR count). The van der Waals surface area contributed by atoms with E-state index < -0.39 is 0 Å². The van der Waals surface area contributed by atoms with Gasteiger partial charge in [-0.05, 0) is 50.5 Å². The Morgan fingerprint density at radius 3 is 2.43 bits per heavy atom. The van der Waals surface area contributed by atoms with Crippen molar-refractivity contribution in [3.8, 4) is 11.8 Å². The zero-order valence-electron chi connectivity index (χ0n) is 12.8. The number of Topliss-reactive ketones (excluding diaryl/α,β-unsaturated/α-hetero) is 1. The Morgan fingerprint density at radius 1 is 1.30 bits per heavy atom. The second-order valence-electron chi connectivity index (χ2n) is 4.36. The number of carbonyl (C=O) groups excluding carboxylic acids is 1. The van der Waals surface area contributed by atoms with Gasteiger partial charge in [0.05, 0.1) is 11.6 Å². The van der Waals surface area contributed by atoms with Gasteiger partial charge in [0, 0.05) is 11.8 Å². The summed E-state index contributed by atoms with van der Waals surface area (Å²) >= 11 is 5.72. The van der Waals surface area contributed by atoms with Crippen molar-refractivity contribution in [3.63, 3.8) is 0 Å². The number of nitrogens with zero attached hydrogens (tertiary/aromatic N) is 2. The number of allylic oxidation sites excluding steroid dienone is 1. The largest absolute Gasteiger partial charge is 0.454 e. The Morgan fingerprint density at radius 2 is 1.91 bits per heavy atom. The highest BCUT2D eigenvalue weighted by Gasteiger charge is 2.13. The van der Waals surface area contributed by atoms with Gasteiger partial charge in [0.15, 0.2) is 5.76 Å². The second-order valence-corrected chi connectivity index (χ2v) is 4.75. The summed E-state index contributed by atoms with van der Waals surface area (Å²) in [5, 5.41) is 11.7. The number of nitrogens with one attached hydrogen (secondary N) is 1. The molecule has 1 N–H and O–H groups in total. The van der Waals surface area contributed by atoms with Gasteiger partial charge in [-0.1, -0.05) is 18.2 Å². The van der Waals surface area contributed by atoms with E-state index in [9.17, 15) is 4.79 Å². The van der Waals surface area contributed by atoms with Gasteiger partial charge in [-0.25, -0.2) is 4.98 Å². The third kappa shape index (κ3) is 5.91. The molecule has 0 spiro atoms. The van der Waals surface area contributed by atoms with Crippen LogP contribution in [0.25, 0.3) is 0 Å². The lowest BCUT2D eigenvalue weighted by atomic mass is 10.1. The van der Waals surface area contributed by atoms with E-state index in [2.05, 4.69) is 16.9 Å². The van der Waals surface area contributed by atoms with Crippen LogP contribution < -0.4 is 10.1 Å². The molecule has 5 nitrogen and oxygen atoms in total. The van der Waals surface area contributed by atoms with Gasteiger partial charge in [-0.15, -0.1) is 0 Å². The monoisotopic (exact) mass is 329 g/mol. The van der Waals surface area contributed by atoms with Gasteiger partial charge in [0.2, 0.25) is 5.78 Å². The zero-order chi connectivity index (χ0) is 17.2. The van der Waals surface area contributed by atoms with Gasteiger partial charge in [0.25, 0.3) is 0 Å². The molecule has 0 saturated heterocycles. The third-order valence-corrected chi connectivity index (χ3v) is 2.67. The smallest absolute Gasteiger partial charge is 0.227 e. The Hall–Kier alpha value is -2.68. The van der Waals surface area contributed by atoms with E-state index in [1.54, 1.807) is 24.3 Å². The molecule has 0 aliphatic heterocycles. The summed E-state index contributed by atoms with van der Waals surface area (Å²) < 4.78 is 5.35. The molecule has 2 aromatic rings. The molecule has 1 aromatic heterocycles. The van der Waals surface area contributed by atoms with Crippen molar-refractivity contribution < 1.29 is 9.53 Å². The summed E-state index contributed by atoms with van der Waals surface area (Å²) in [6.45, 7) is 3.60. The summed E-state index contributed by atoms with van der Waals surface area (Å²) in [6.07, 6.45) is 1.44. The van der Waals surface area contributed by atoms with Crippen molar-refractivity contribution in [2.75, 3.05) is 14.1 Å². The van der Waals surface area contributed by atoms with Gasteiger partial charge in [-0.3, -0.25) is 4.79 Å². The highest BCUT2D eigenvalue weighted by Crippen LogP contribution is 2.17. The minimum absolute atomic E-state index is 0.0306. The van der Waals surface area contributed by atoms with Gasteiger partial charge >= 0.3 is 0 Å².